The fourth-order valence-electron chi connectivity index (χ4n) is 5.48. The monoisotopic (exact) mass is 526 g/mol. The summed E-state index contributed by atoms with van der Waals surface area (Å²) >= 11 is 0. The minimum Gasteiger partial charge on any atom is -0.369 e. The fraction of sp³-hybridized carbons (Fsp3) is 0.357. The van der Waals surface area contributed by atoms with Gasteiger partial charge in [-0.05, 0) is 62.7 Å². The molecular formula is C28H34N10O. The van der Waals surface area contributed by atoms with E-state index in [0.29, 0.717) is 29.3 Å². The predicted molar refractivity (Wildman–Crippen MR) is 154 cm³/mol. The number of aromatic nitrogens is 5. The summed E-state index contributed by atoms with van der Waals surface area (Å²) in [4.78, 5) is 32.2. The number of nitrogens with two attached hydrogens (primary N) is 1. The molecule has 11 nitrogen and oxygen atoms in total. The highest BCUT2D eigenvalue weighted by Gasteiger charge is 2.35. The molecular weight excluding hydrogens is 492 g/mol. The minimum atomic E-state index is -0.435. The second-order valence-corrected chi connectivity index (χ2v) is 10.5. The molecule has 4 heterocycles. The number of allylic oxidation sites excluding steroid dienone is 1. The number of hydrogen-bond acceptors (Lipinski definition) is 9. The minimum absolute atomic E-state index is 0.199. The van der Waals surface area contributed by atoms with E-state index in [1.165, 1.54) is 5.69 Å². The van der Waals surface area contributed by atoms with Gasteiger partial charge in [-0.3, -0.25) is 10.6 Å². The highest BCUT2D eigenvalue weighted by molar-refractivity contribution is 5.77. The highest BCUT2D eigenvalue weighted by atomic mass is 16.1. The van der Waals surface area contributed by atoms with Crippen molar-refractivity contribution in [2.75, 3.05) is 43.4 Å². The zero-order chi connectivity index (χ0) is 27.1. The lowest BCUT2D eigenvalue weighted by Gasteiger charge is -2.34. The lowest BCUT2D eigenvalue weighted by Crippen LogP contribution is -2.44. The first-order chi connectivity index (χ1) is 18.9. The van der Waals surface area contributed by atoms with Crippen LogP contribution in [0.2, 0.25) is 0 Å². The summed E-state index contributed by atoms with van der Waals surface area (Å²) < 4.78 is 3.33. The van der Waals surface area contributed by atoms with Crippen LogP contribution in [-0.4, -0.2) is 62.4 Å². The Bertz CT molecular complexity index is 1580. The molecule has 1 aliphatic carbocycles. The molecule has 1 saturated heterocycles. The Morgan fingerprint density at radius 3 is 2.59 bits per heavy atom. The predicted octanol–water partition coefficient (Wildman–Crippen LogP) is 2.28. The van der Waals surface area contributed by atoms with Gasteiger partial charge in [0.2, 0.25) is 5.95 Å². The van der Waals surface area contributed by atoms with Crippen LogP contribution in [0.5, 0.6) is 0 Å². The van der Waals surface area contributed by atoms with E-state index in [4.69, 9.17) is 15.8 Å². The molecule has 4 aromatic rings. The maximum atomic E-state index is 13.3. The number of benzene rings is 1. The van der Waals surface area contributed by atoms with E-state index in [1.54, 1.807) is 21.6 Å². The van der Waals surface area contributed by atoms with Gasteiger partial charge in [-0.1, -0.05) is 12.1 Å². The first-order valence-electron chi connectivity index (χ1n) is 13.3. The number of rotatable bonds is 7. The number of pyridine rings is 1. The first-order valence-corrected chi connectivity index (χ1v) is 13.3. The maximum absolute atomic E-state index is 13.3. The van der Waals surface area contributed by atoms with Crippen molar-refractivity contribution < 1.29 is 0 Å². The van der Waals surface area contributed by atoms with Crippen molar-refractivity contribution in [3.05, 3.63) is 76.9 Å². The van der Waals surface area contributed by atoms with Gasteiger partial charge in [0, 0.05) is 43.8 Å². The van der Waals surface area contributed by atoms with Crippen molar-refractivity contribution in [3.8, 4) is 5.82 Å². The van der Waals surface area contributed by atoms with Crippen molar-refractivity contribution in [1.82, 2.24) is 34.6 Å². The van der Waals surface area contributed by atoms with Crippen LogP contribution in [0, 0.1) is 0 Å². The molecule has 3 aromatic heterocycles. The van der Waals surface area contributed by atoms with Crippen molar-refractivity contribution in [3.63, 3.8) is 0 Å². The summed E-state index contributed by atoms with van der Waals surface area (Å²) in [6.45, 7) is 10.3. The molecule has 0 amide bonds. The van der Waals surface area contributed by atoms with Gasteiger partial charge in [0.1, 0.15) is 5.39 Å². The van der Waals surface area contributed by atoms with Crippen LogP contribution in [0.4, 0.5) is 17.3 Å². The number of anilines is 3. The van der Waals surface area contributed by atoms with Crippen molar-refractivity contribution in [1.29, 1.82) is 0 Å². The van der Waals surface area contributed by atoms with Gasteiger partial charge >= 0.3 is 0 Å². The number of likely N-dealkylation sites (N-methyl/N-ethyl adjacent to an activating group) is 1. The normalized spacial score (nSPS) is 19.4. The lowest BCUT2D eigenvalue weighted by atomic mass is 10.0. The van der Waals surface area contributed by atoms with Gasteiger partial charge in [-0.2, -0.15) is 4.98 Å². The molecule has 1 atom stereocenters. The van der Waals surface area contributed by atoms with E-state index in [9.17, 15) is 4.79 Å². The lowest BCUT2D eigenvalue weighted by molar-refractivity contribution is 0.313. The molecule has 0 spiro atoms. The fourth-order valence-corrected chi connectivity index (χ4v) is 5.48. The third-order valence-electron chi connectivity index (χ3n) is 7.89. The largest absolute Gasteiger partial charge is 0.369 e. The number of nitrogens with one attached hydrogen (secondary N) is 2. The van der Waals surface area contributed by atoms with Crippen LogP contribution >= 0.6 is 0 Å². The number of nitrogens with zero attached hydrogens (tertiary/aromatic N) is 7. The van der Waals surface area contributed by atoms with E-state index in [2.05, 4.69) is 57.4 Å². The van der Waals surface area contributed by atoms with Gasteiger partial charge < -0.3 is 15.1 Å². The van der Waals surface area contributed by atoms with E-state index in [1.807, 2.05) is 25.1 Å². The second-order valence-electron chi connectivity index (χ2n) is 10.5. The summed E-state index contributed by atoms with van der Waals surface area (Å²) in [5, 5.41) is 3.71. The Hall–Kier alpha value is -4.06. The molecule has 1 unspecified atom stereocenters. The second kappa shape index (κ2) is 9.92. The molecule has 1 aliphatic heterocycles. The number of fused-ring (bicyclic) bond motifs is 2. The maximum Gasteiger partial charge on any atom is 0.278 e. The van der Waals surface area contributed by atoms with Crippen LogP contribution in [0.15, 0.2) is 60.0 Å². The van der Waals surface area contributed by atoms with Gasteiger partial charge in [0.05, 0.1) is 17.8 Å². The molecule has 2 aliphatic rings. The van der Waals surface area contributed by atoms with Gasteiger partial charge in [-0.15, -0.1) is 6.58 Å². The zero-order valence-electron chi connectivity index (χ0n) is 22.4. The molecule has 4 N–H and O–H groups in total. The van der Waals surface area contributed by atoms with Crippen molar-refractivity contribution >= 4 is 28.4 Å². The summed E-state index contributed by atoms with van der Waals surface area (Å²) in [5.41, 5.74) is 6.85. The molecule has 202 valence electrons. The highest BCUT2D eigenvalue weighted by Crippen LogP contribution is 2.35. The third-order valence-corrected chi connectivity index (χ3v) is 7.89. The quantitative estimate of drug-likeness (QED) is 0.189. The average molecular weight is 527 g/mol. The van der Waals surface area contributed by atoms with Gasteiger partial charge in [0.15, 0.2) is 11.5 Å². The molecule has 0 saturated carbocycles. The Morgan fingerprint density at radius 1 is 1.10 bits per heavy atom. The topological polar surface area (TPSA) is 122 Å². The SMILES string of the molecule is C=CCn1c(=O)c2cnc(Nc3ccc(N4CCN(C)CC4)cc3)nc2n1-c1ccc2c(n1)C(C)(NN)CC2. The van der Waals surface area contributed by atoms with Crippen LogP contribution in [0.3, 0.4) is 0 Å². The number of hydrazine groups is 1. The summed E-state index contributed by atoms with van der Waals surface area (Å²) in [6, 6.07) is 12.3. The average Bonchev–Trinajstić information content (AvgIpc) is 3.43. The zero-order valence-corrected chi connectivity index (χ0v) is 22.4. The Morgan fingerprint density at radius 2 is 1.87 bits per heavy atom. The molecule has 0 bridgehead atoms. The molecule has 6 rings (SSSR count). The van der Waals surface area contributed by atoms with Crippen molar-refractivity contribution in [2.24, 2.45) is 5.84 Å². The van der Waals surface area contributed by atoms with E-state index >= 15 is 0 Å². The molecule has 0 radical (unpaired) electrons. The van der Waals surface area contributed by atoms with E-state index < -0.39 is 5.54 Å². The van der Waals surface area contributed by atoms with Crippen LogP contribution < -0.4 is 27.0 Å². The smallest absolute Gasteiger partial charge is 0.278 e. The van der Waals surface area contributed by atoms with Crippen LogP contribution in [0.25, 0.3) is 16.9 Å². The van der Waals surface area contributed by atoms with Gasteiger partial charge in [-0.25, -0.2) is 24.8 Å². The number of aryl methyl sites for hydroxylation is 1. The summed E-state index contributed by atoms with van der Waals surface area (Å²) in [5.74, 6) is 6.88. The van der Waals surface area contributed by atoms with Crippen LogP contribution in [-0.2, 0) is 18.5 Å². The standard InChI is InChI=1S/C28H34N10O/c1-4-13-37-26(39)22-18-30-27(31-20-6-8-21(9-7-20)36-16-14-35(3)15-17-36)33-25(22)38(37)23-10-5-19-11-12-28(2,34-29)24(19)32-23/h4-10,18,34H,1,11-17,29H2,2-3H3,(H,30,31,33). The van der Waals surface area contributed by atoms with Gasteiger partial charge in [0.25, 0.3) is 5.56 Å². The Labute approximate surface area is 226 Å². The molecule has 39 heavy (non-hydrogen) atoms. The number of piperazine rings is 1. The summed E-state index contributed by atoms with van der Waals surface area (Å²) in [6.07, 6.45) is 4.99. The molecule has 1 fully saturated rings. The van der Waals surface area contributed by atoms with Crippen LogP contribution in [0.1, 0.15) is 24.6 Å². The van der Waals surface area contributed by atoms with E-state index in [0.717, 1.165) is 56.0 Å². The Kier molecular flexibility index (Phi) is 6.42. The van der Waals surface area contributed by atoms with E-state index in [-0.39, 0.29) is 5.56 Å². The van der Waals surface area contributed by atoms with Crippen molar-refractivity contribution in [2.45, 2.75) is 31.8 Å². The number of hydrogen-bond donors (Lipinski definition) is 3. The third kappa shape index (κ3) is 4.48. The summed E-state index contributed by atoms with van der Waals surface area (Å²) in [7, 11) is 2.15. The first kappa shape index (κ1) is 25.2. The molecule has 11 heteroatoms. The molecule has 1 aromatic carbocycles. The Balaban J connectivity index is 1.36.